The van der Waals surface area contributed by atoms with Crippen LogP contribution in [-0.2, 0) is 4.79 Å². The summed E-state index contributed by atoms with van der Waals surface area (Å²) in [5.74, 6) is 0.675. The molecule has 0 aromatic heterocycles. The Morgan fingerprint density at radius 1 is 1.19 bits per heavy atom. The largest absolute Gasteiger partial charge is 0.353 e. The van der Waals surface area contributed by atoms with Gasteiger partial charge in [0.25, 0.3) is 0 Å². The molecule has 3 nitrogen and oxygen atoms in total. The Labute approximate surface area is 128 Å². The van der Waals surface area contributed by atoms with Crippen LogP contribution in [0.25, 0.3) is 0 Å². The van der Waals surface area contributed by atoms with Gasteiger partial charge in [0.15, 0.2) is 0 Å². The van der Waals surface area contributed by atoms with Crippen LogP contribution < -0.4 is 10.6 Å². The average Bonchev–Trinajstić information content (AvgIpc) is 2.53. The summed E-state index contributed by atoms with van der Waals surface area (Å²) in [7, 11) is 0. The second-order valence-electron chi connectivity index (χ2n) is 6.17. The molecule has 1 atom stereocenters. The summed E-state index contributed by atoms with van der Waals surface area (Å²) in [6.45, 7) is 3.89. The Bertz CT molecular complexity index is 412. The van der Waals surface area contributed by atoms with Crippen LogP contribution in [0.2, 0.25) is 0 Å². The van der Waals surface area contributed by atoms with E-state index in [1.165, 1.54) is 24.8 Å². The van der Waals surface area contributed by atoms with E-state index in [0.717, 1.165) is 25.9 Å². The first-order chi connectivity index (χ1) is 10.3. The van der Waals surface area contributed by atoms with E-state index in [-0.39, 0.29) is 5.91 Å². The molecule has 116 valence electrons. The van der Waals surface area contributed by atoms with Gasteiger partial charge in [0.2, 0.25) is 5.91 Å². The van der Waals surface area contributed by atoms with Crippen LogP contribution in [0.15, 0.2) is 30.3 Å². The van der Waals surface area contributed by atoms with E-state index >= 15 is 0 Å². The van der Waals surface area contributed by atoms with Crippen LogP contribution in [0.4, 0.5) is 0 Å². The van der Waals surface area contributed by atoms with E-state index in [2.05, 4.69) is 41.8 Å². The number of hydrogen-bond donors (Lipinski definition) is 2. The van der Waals surface area contributed by atoms with Crippen molar-refractivity contribution in [1.82, 2.24) is 10.6 Å². The van der Waals surface area contributed by atoms with Crippen molar-refractivity contribution in [3.8, 4) is 0 Å². The van der Waals surface area contributed by atoms with Gasteiger partial charge in [-0.15, -0.1) is 0 Å². The maximum absolute atomic E-state index is 11.9. The quantitative estimate of drug-likeness (QED) is 0.756. The molecule has 1 saturated carbocycles. The minimum absolute atomic E-state index is 0.196. The summed E-state index contributed by atoms with van der Waals surface area (Å²) in [5, 5.41) is 6.55. The van der Waals surface area contributed by atoms with Gasteiger partial charge in [0.05, 0.1) is 0 Å². The van der Waals surface area contributed by atoms with E-state index in [4.69, 9.17) is 0 Å². The summed E-state index contributed by atoms with van der Waals surface area (Å²) >= 11 is 0. The first-order valence-electron chi connectivity index (χ1n) is 8.30. The summed E-state index contributed by atoms with van der Waals surface area (Å²) < 4.78 is 0. The Morgan fingerprint density at radius 3 is 2.62 bits per heavy atom. The molecular formula is C18H28N2O. The molecule has 1 fully saturated rings. The number of hydrogen-bond acceptors (Lipinski definition) is 2. The normalized spacial score (nSPS) is 17.4. The number of rotatable bonds is 7. The molecule has 1 aromatic rings. The fraction of sp³-hybridized carbons (Fsp3) is 0.611. The zero-order valence-electron chi connectivity index (χ0n) is 13.1. The van der Waals surface area contributed by atoms with Gasteiger partial charge in [0.1, 0.15) is 0 Å². The molecular weight excluding hydrogens is 260 g/mol. The van der Waals surface area contributed by atoms with E-state index in [0.29, 0.717) is 18.4 Å². The Kier molecular flexibility index (Phi) is 6.74. The van der Waals surface area contributed by atoms with Gasteiger partial charge in [-0.05, 0) is 24.3 Å². The van der Waals surface area contributed by atoms with E-state index in [1.807, 2.05) is 6.07 Å². The molecule has 2 N–H and O–H groups in total. The van der Waals surface area contributed by atoms with E-state index in [9.17, 15) is 4.79 Å². The molecule has 3 heteroatoms. The third-order valence-electron chi connectivity index (χ3n) is 4.32. The van der Waals surface area contributed by atoms with Crippen LogP contribution in [0.1, 0.15) is 56.9 Å². The van der Waals surface area contributed by atoms with Gasteiger partial charge in [-0.3, -0.25) is 4.79 Å². The van der Waals surface area contributed by atoms with Gasteiger partial charge in [-0.2, -0.15) is 0 Å². The molecule has 1 amide bonds. The summed E-state index contributed by atoms with van der Waals surface area (Å²) in [4.78, 5) is 11.9. The maximum Gasteiger partial charge on any atom is 0.221 e. The van der Waals surface area contributed by atoms with Gasteiger partial charge in [-0.25, -0.2) is 0 Å². The van der Waals surface area contributed by atoms with Gasteiger partial charge >= 0.3 is 0 Å². The van der Waals surface area contributed by atoms with Crippen molar-refractivity contribution < 1.29 is 4.79 Å². The van der Waals surface area contributed by atoms with Gasteiger partial charge < -0.3 is 10.6 Å². The van der Waals surface area contributed by atoms with Crippen molar-refractivity contribution in [3.05, 3.63) is 35.9 Å². The topological polar surface area (TPSA) is 41.1 Å². The second-order valence-corrected chi connectivity index (χ2v) is 6.17. The predicted molar refractivity (Wildman–Crippen MR) is 87.4 cm³/mol. The Balaban J connectivity index is 1.57. The fourth-order valence-corrected chi connectivity index (χ4v) is 2.97. The zero-order valence-corrected chi connectivity index (χ0v) is 13.1. The molecule has 21 heavy (non-hydrogen) atoms. The lowest BCUT2D eigenvalue weighted by Gasteiger charge is -2.22. The van der Waals surface area contributed by atoms with Crippen LogP contribution in [0.3, 0.4) is 0 Å². The lowest BCUT2D eigenvalue weighted by atomic mass is 9.95. The molecule has 0 aliphatic heterocycles. The SMILES string of the molecule is CC(CNCCC(=O)NC1CCCCC1)c1ccccc1. The van der Waals surface area contributed by atoms with Crippen molar-refractivity contribution in [1.29, 1.82) is 0 Å². The van der Waals surface area contributed by atoms with Crippen LogP contribution in [-0.4, -0.2) is 25.0 Å². The standard InChI is InChI=1S/C18H28N2O/c1-15(16-8-4-2-5-9-16)14-19-13-12-18(21)20-17-10-6-3-7-11-17/h2,4-5,8-9,15,17,19H,3,6-7,10-14H2,1H3,(H,20,21). The molecule has 1 aromatic carbocycles. The van der Waals surface area contributed by atoms with Crippen molar-refractivity contribution in [3.63, 3.8) is 0 Å². The third kappa shape index (κ3) is 5.88. The summed E-state index contributed by atoms with van der Waals surface area (Å²) in [6.07, 6.45) is 6.74. The fourth-order valence-electron chi connectivity index (χ4n) is 2.97. The monoisotopic (exact) mass is 288 g/mol. The highest BCUT2D eigenvalue weighted by Gasteiger charge is 2.15. The first-order valence-corrected chi connectivity index (χ1v) is 8.30. The molecule has 0 heterocycles. The minimum atomic E-state index is 0.196. The van der Waals surface area contributed by atoms with E-state index in [1.54, 1.807) is 0 Å². The van der Waals surface area contributed by atoms with Gasteiger partial charge in [-0.1, -0.05) is 56.5 Å². The lowest BCUT2D eigenvalue weighted by molar-refractivity contribution is -0.121. The van der Waals surface area contributed by atoms with Crippen molar-refractivity contribution in [2.45, 2.75) is 57.4 Å². The number of carbonyl (C=O) groups excluding carboxylic acids is 1. The number of amides is 1. The molecule has 1 aliphatic carbocycles. The van der Waals surface area contributed by atoms with Crippen LogP contribution in [0, 0.1) is 0 Å². The number of carbonyl (C=O) groups is 1. The summed E-state index contributed by atoms with van der Waals surface area (Å²) in [6, 6.07) is 10.9. The van der Waals surface area contributed by atoms with Crippen LogP contribution >= 0.6 is 0 Å². The highest BCUT2D eigenvalue weighted by molar-refractivity contribution is 5.76. The van der Waals surface area contributed by atoms with Crippen molar-refractivity contribution in [2.75, 3.05) is 13.1 Å². The van der Waals surface area contributed by atoms with Gasteiger partial charge in [0, 0.05) is 25.6 Å². The second kappa shape index (κ2) is 8.83. The third-order valence-corrected chi connectivity index (χ3v) is 4.32. The lowest BCUT2D eigenvalue weighted by Crippen LogP contribution is -2.37. The minimum Gasteiger partial charge on any atom is -0.353 e. The molecule has 0 radical (unpaired) electrons. The molecule has 1 aliphatic rings. The smallest absolute Gasteiger partial charge is 0.221 e. The molecule has 1 unspecified atom stereocenters. The van der Waals surface area contributed by atoms with Crippen LogP contribution in [0.5, 0.6) is 0 Å². The molecule has 0 bridgehead atoms. The zero-order chi connectivity index (χ0) is 14.9. The molecule has 0 saturated heterocycles. The molecule has 0 spiro atoms. The van der Waals surface area contributed by atoms with Crippen molar-refractivity contribution in [2.24, 2.45) is 0 Å². The van der Waals surface area contributed by atoms with E-state index < -0.39 is 0 Å². The average molecular weight is 288 g/mol. The predicted octanol–water partition coefficient (Wildman–Crippen LogP) is 3.22. The number of nitrogens with one attached hydrogen (secondary N) is 2. The molecule has 2 rings (SSSR count). The first kappa shape index (κ1) is 16.0. The highest BCUT2D eigenvalue weighted by atomic mass is 16.1. The Morgan fingerprint density at radius 2 is 1.90 bits per heavy atom. The Hall–Kier alpha value is -1.35. The summed E-state index contributed by atoms with van der Waals surface area (Å²) in [5.41, 5.74) is 1.34. The van der Waals surface area contributed by atoms with Crippen molar-refractivity contribution >= 4 is 5.91 Å². The number of benzene rings is 1. The highest BCUT2D eigenvalue weighted by Crippen LogP contribution is 2.17. The maximum atomic E-state index is 11.9.